The summed E-state index contributed by atoms with van der Waals surface area (Å²) in [5.74, 6) is 5.21. The fourth-order valence-electron chi connectivity index (χ4n) is 1.87. The highest BCUT2D eigenvalue weighted by molar-refractivity contribution is 7.10. The van der Waals surface area contributed by atoms with Gasteiger partial charge in [-0.05, 0) is 24.1 Å². The first kappa shape index (κ1) is 15.2. The fourth-order valence-corrected chi connectivity index (χ4v) is 2.62. The maximum Gasteiger partial charge on any atom is 0.252 e. The average Bonchev–Trinajstić information content (AvgIpc) is 2.99. The van der Waals surface area contributed by atoms with Gasteiger partial charge in [-0.25, -0.2) is 0 Å². The van der Waals surface area contributed by atoms with Crippen LogP contribution in [0.4, 0.5) is 0 Å². The minimum Gasteiger partial charge on any atom is -0.384 e. The van der Waals surface area contributed by atoms with Crippen molar-refractivity contribution in [1.29, 1.82) is 0 Å². The Labute approximate surface area is 127 Å². The molecule has 0 spiro atoms. The molecule has 2 aromatic rings. The molecule has 21 heavy (non-hydrogen) atoms. The SMILES string of the molecule is CCc1cccnc1CNC(=O)c1csc(C#CCO)c1. The molecule has 5 heteroatoms. The lowest BCUT2D eigenvalue weighted by Gasteiger charge is -2.07. The summed E-state index contributed by atoms with van der Waals surface area (Å²) in [6.45, 7) is 2.29. The van der Waals surface area contributed by atoms with Gasteiger partial charge in [-0.1, -0.05) is 24.8 Å². The number of nitrogens with zero attached hydrogens (tertiary/aromatic N) is 1. The van der Waals surface area contributed by atoms with E-state index in [1.165, 1.54) is 11.3 Å². The van der Waals surface area contributed by atoms with Gasteiger partial charge >= 0.3 is 0 Å². The zero-order valence-electron chi connectivity index (χ0n) is 11.7. The molecule has 0 saturated carbocycles. The van der Waals surface area contributed by atoms with Crippen molar-refractivity contribution in [2.45, 2.75) is 19.9 Å². The highest BCUT2D eigenvalue weighted by Gasteiger charge is 2.09. The molecule has 0 fully saturated rings. The molecular weight excluding hydrogens is 284 g/mol. The predicted octanol–water partition coefficient (Wildman–Crippen LogP) is 1.98. The predicted molar refractivity (Wildman–Crippen MR) is 83.1 cm³/mol. The first-order chi connectivity index (χ1) is 10.2. The van der Waals surface area contributed by atoms with E-state index in [1.54, 1.807) is 17.6 Å². The molecular formula is C16H16N2O2S. The van der Waals surface area contributed by atoms with E-state index in [0.717, 1.165) is 22.6 Å². The molecule has 0 aliphatic rings. The lowest BCUT2D eigenvalue weighted by atomic mass is 10.1. The number of amides is 1. The van der Waals surface area contributed by atoms with Crippen LogP contribution in [0.1, 0.15) is 33.4 Å². The standard InChI is InChI=1S/C16H16N2O2S/c1-2-12-5-3-7-17-15(12)10-18-16(20)13-9-14(21-11-13)6-4-8-19/h3,5,7,9,11,19H,2,8,10H2,1H3,(H,18,20). The van der Waals surface area contributed by atoms with Crippen molar-refractivity contribution in [3.63, 3.8) is 0 Å². The molecule has 1 amide bonds. The van der Waals surface area contributed by atoms with Crippen molar-refractivity contribution in [3.8, 4) is 11.8 Å². The summed E-state index contributed by atoms with van der Waals surface area (Å²) >= 11 is 1.39. The van der Waals surface area contributed by atoms with Crippen LogP contribution in [0.15, 0.2) is 29.8 Å². The molecule has 0 bridgehead atoms. The number of hydrogen-bond acceptors (Lipinski definition) is 4. The van der Waals surface area contributed by atoms with E-state index in [0.29, 0.717) is 12.1 Å². The zero-order chi connectivity index (χ0) is 15.1. The van der Waals surface area contributed by atoms with Gasteiger partial charge in [0.2, 0.25) is 0 Å². The number of aromatic nitrogens is 1. The van der Waals surface area contributed by atoms with Gasteiger partial charge in [0, 0.05) is 11.6 Å². The molecule has 0 saturated heterocycles. The molecule has 0 unspecified atom stereocenters. The van der Waals surface area contributed by atoms with Crippen LogP contribution in [0.25, 0.3) is 0 Å². The van der Waals surface area contributed by atoms with Gasteiger partial charge in [-0.15, -0.1) is 11.3 Å². The first-order valence-electron chi connectivity index (χ1n) is 6.63. The Kier molecular flexibility index (Phi) is 5.50. The third-order valence-corrected chi connectivity index (χ3v) is 3.78. The largest absolute Gasteiger partial charge is 0.384 e. The third-order valence-electron chi connectivity index (χ3n) is 2.93. The molecule has 0 aliphatic heterocycles. The summed E-state index contributed by atoms with van der Waals surface area (Å²) in [6, 6.07) is 5.64. The summed E-state index contributed by atoms with van der Waals surface area (Å²) in [7, 11) is 0. The van der Waals surface area contributed by atoms with Crippen LogP contribution in [-0.2, 0) is 13.0 Å². The number of thiophene rings is 1. The van der Waals surface area contributed by atoms with Crippen molar-refractivity contribution in [1.82, 2.24) is 10.3 Å². The second-order valence-corrected chi connectivity index (χ2v) is 5.22. The molecule has 2 heterocycles. The Morgan fingerprint density at radius 2 is 2.38 bits per heavy atom. The van der Waals surface area contributed by atoms with Crippen molar-refractivity contribution in [2.75, 3.05) is 6.61 Å². The van der Waals surface area contributed by atoms with Crippen molar-refractivity contribution in [3.05, 3.63) is 51.5 Å². The average molecular weight is 300 g/mol. The minimum absolute atomic E-state index is 0.143. The zero-order valence-corrected chi connectivity index (χ0v) is 12.5. The Hall–Kier alpha value is -2.16. The van der Waals surface area contributed by atoms with Gasteiger partial charge in [-0.3, -0.25) is 9.78 Å². The van der Waals surface area contributed by atoms with Crippen LogP contribution in [0.2, 0.25) is 0 Å². The molecule has 2 rings (SSSR count). The Balaban J connectivity index is 2.00. The van der Waals surface area contributed by atoms with E-state index in [1.807, 2.05) is 12.1 Å². The van der Waals surface area contributed by atoms with Gasteiger partial charge in [0.25, 0.3) is 5.91 Å². The number of hydrogen-bond donors (Lipinski definition) is 2. The maximum atomic E-state index is 12.1. The lowest BCUT2D eigenvalue weighted by molar-refractivity contribution is 0.0951. The van der Waals surface area contributed by atoms with Crippen LogP contribution in [-0.4, -0.2) is 22.6 Å². The Bertz CT molecular complexity index is 683. The van der Waals surface area contributed by atoms with Crippen molar-refractivity contribution in [2.24, 2.45) is 0 Å². The quantitative estimate of drug-likeness (QED) is 0.849. The smallest absolute Gasteiger partial charge is 0.252 e. The van der Waals surface area contributed by atoms with Gasteiger partial charge in [0.05, 0.1) is 22.7 Å². The van der Waals surface area contributed by atoms with Gasteiger partial charge < -0.3 is 10.4 Å². The highest BCUT2D eigenvalue weighted by Crippen LogP contribution is 2.14. The number of pyridine rings is 1. The summed E-state index contributed by atoms with van der Waals surface area (Å²) in [5.41, 5.74) is 2.61. The van der Waals surface area contributed by atoms with E-state index in [-0.39, 0.29) is 12.5 Å². The number of rotatable bonds is 4. The molecule has 4 nitrogen and oxygen atoms in total. The molecule has 0 aliphatic carbocycles. The molecule has 0 atom stereocenters. The van der Waals surface area contributed by atoms with Gasteiger partial charge in [-0.2, -0.15) is 0 Å². The number of aliphatic hydroxyl groups excluding tert-OH is 1. The maximum absolute atomic E-state index is 12.1. The van der Waals surface area contributed by atoms with Crippen molar-refractivity contribution >= 4 is 17.2 Å². The van der Waals surface area contributed by atoms with E-state index in [4.69, 9.17) is 5.11 Å². The Morgan fingerprint density at radius 3 is 3.14 bits per heavy atom. The molecule has 108 valence electrons. The monoisotopic (exact) mass is 300 g/mol. The molecule has 0 radical (unpaired) electrons. The van der Waals surface area contributed by atoms with Crippen LogP contribution < -0.4 is 5.32 Å². The van der Waals surface area contributed by atoms with E-state index >= 15 is 0 Å². The number of nitrogens with one attached hydrogen (secondary N) is 1. The summed E-state index contributed by atoms with van der Waals surface area (Å²) in [5, 5.41) is 13.3. The molecule has 2 N–H and O–H groups in total. The second kappa shape index (κ2) is 7.58. The van der Waals surface area contributed by atoms with Gasteiger partial charge in [0.1, 0.15) is 6.61 Å². The van der Waals surface area contributed by atoms with Crippen molar-refractivity contribution < 1.29 is 9.90 Å². The summed E-state index contributed by atoms with van der Waals surface area (Å²) < 4.78 is 0. The third kappa shape index (κ3) is 4.15. The van der Waals surface area contributed by atoms with E-state index < -0.39 is 0 Å². The first-order valence-corrected chi connectivity index (χ1v) is 7.51. The highest BCUT2D eigenvalue weighted by atomic mass is 32.1. The second-order valence-electron chi connectivity index (χ2n) is 4.30. The van der Waals surface area contributed by atoms with Crippen LogP contribution in [0.3, 0.4) is 0 Å². The van der Waals surface area contributed by atoms with Crippen LogP contribution in [0, 0.1) is 11.8 Å². The van der Waals surface area contributed by atoms with Crippen LogP contribution >= 0.6 is 11.3 Å². The van der Waals surface area contributed by atoms with Crippen LogP contribution in [0.5, 0.6) is 0 Å². The molecule has 2 aromatic heterocycles. The lowest BCUT2D eigenvalue weighted by Crippen LogP contribution is -2.23. The Morgan fingerprint density at radius 1 is 1.52 bits per heavy atom. The van der Waals surface area contributed by atoms with Gasteiger partial charge in [0.15, 0.2) is 0 Å². The topological polar surface area (TPSA) is 62.2 Å². The normalized spacial score (nSPS) is 9.81. The summed E-state index contributed by atoms with van der Waals surface area (Å²) in [6.07, 6.45) is 2.62. The number of carbonyl (C=O) groups excluding carboxylic acids is 1. The number of aliphatic hydroxyl groups is 1. The van der Waals surface area contributed by atoms with E-state index in [9.17, 15) is 4.79 Å². The number of carbonyl (C=O) groups is 1. The molecule has 0 aromatic carbocycles. The number of aryl methyl sites for hydroxylation is 1. The fraction of sp³-hybridized carbons (Fsp3) is 0.250. The minimum atomic E-state index is -0.182. The van der Waals surface area contributed by atoms with E-state index in [2.05, 4.69) is 29.1 Å². The summed E-state index contributed by atoms with van der Waals surface area (Å²) in [4.78, 5) is 17.1.